The molecule has 106 valence electrons. The van der Waals surface area contributed by atoms with Crippen LogP contribution in [0.1, 0.15) is 12.5 Å². The molecule has 0 spiro atoms. The molecule has 3 aromatic rings. The van der Waals surface area contributed by atoms with Crippen LogP contribution in [0.2, 0.25) is 0 Å². The van der Waals surface area contributed by atoms with Gasteiger partial charge in [-0.25, -0.2) is 4.39 Å². The first-order chi connectivity index (χ1) is 10.2. The van der Waals surface area contributed by atoms with Crippen LogP contribution in [0, 0.1) is 11.2 Å². The second-order valence-electron chi connectivity index (χ2n) is 4.57. The number of benzene rings is 2. The van der Waals surface area contributed by atoms with E-state index in [1.807, 2.05) is 25.1 Å². The summed E-state index contributed by atoms with van der Waals surface area (Å²) in [6.45, 7) is 2.38. The van der Waals surface area contributed by atoms with Gasteiger partial charge < -0.3 is 10.2 Å². The average molecular weight is 283 g/mol. The van der Waals surface area contributed by atoms with Crippen molar-refractivity contribution in [1.82, 2.24) is 9.94 Å². The van der Waals surface area contributed by atoms with Gasteiger partial charge in [-0.1, -0.05) is 10.9 Å². The lowest BCUT2D eigenvalue weighted by molar-refractivity contribution is 0.103. The largest absolute Gasteiger partial charge is 0.396 e. The van der Waals surface area contributed by atoms with E-state index in [0.717, 1.165) is 22.0 Å². The van der Waals surface area contributed by atoms with Crippen molar-refractivity contribution in [3.8, 4) is 11.3 Å². The van der Waals surface area contributed by atoms with Gasteiger partial charge in [0.15, 0.2) is 0 Å². The highest BCUT2D eigenvalue weighted by Crippen LogP contribution is 2.28. The van der Waals surface area contributed by atoms with E-state index in [1.165, 1.54) is 23.2 Å². The van der Waals surface area contributed by atoms with Crippen LogP contribution in [0.25, 0.3) is 22.2 Å². The zero-order chi connectivity index (χ0) is 14.8. The number of hydrogen-bond donors (Lipinski definition) is 1. The fourth-order valence-electron chi connectivity index (χ4n) is 2.24. The van der Waals surface area contributed by atoms with Gasteiger partial charge in [-0.2, -0.15) is 0 Å². The van der Waals surface area contributed by atoms with Crippen LogP contribution >= 0.6 is 0 Å². The summed E-state index contributed by atoms with van der Waals surface area (Å²) in [5.74, 6) is -0.285. The molecule has 0 saturated carbocycles. The lowest BCUT2D eigenvalue weighted by Crippen LogP contribution is -2.11. The van der Waals surface area contributed by atoms with E-state index >= 15 is 0 Å². The zero-order valence-electron chi connectivity index (χ0n) is 11.5. The molecular weight excluding hydrogens is 269 g/mol. The highest BCUT2D eigenvalue weighted by Gasteiger charge is 2.13. The molecule has 0 atom stereocenters. The van der Waals surface area contributed by atoms with Gasteiger partial charge in [0.25, 0.3) is 0 Å². The number of nitrogens with one attached hydrogen (secondary N) is 1. The molecule has 4 nitrogen and oxygen atoms in total. The number of fused-ring (bicyclic) bond motifs is 1. The molecule has 0 bridgehead atoms. The van der Waals surface area contributed by atoms with Gasteiger partial charge in [0, 0.05) is 17.2 Å². The van der Waals surface area contributed by atoms with Gasteiger partial charge in [-0.05, 0) is 48.9 Å². The maximum atomic E-state index is 13.1. The molecule has 0 aliphatic rings. The van der Waals surface area contributed by atoms with Crippen molar-refractivity contribution in [2.75, 3.05) is 6.61 Å². The summed E-state index contributed by atoms with van der Waals surface area (Å²) in [6.07, 6.45) is 1.28. The van der Waals surface area contributed by atoms with Crippen molar-refractivity contribution in [3.05, 3.63) is 53.8 Å². The third-order valence-electron chi connectivity index (χ3n) is 3.21. The van der Waals surface area contributed by atoms with Crippen molar-refractivity contribution in [3.63, 3.8) is 0 Å². The monoisotopic (exact) mass is 283 g/mol. The summed E-state index contributed by atoms with van der Waals surface area (Å²) in [7, 11) is 0. The molecule has 21 heavy (non-hydrogen) atoms. The Morgan fingerprint density at radius 2 is 2.00 bits per heavy atom. The summed E-state index contributed by atoms with van der Waals surface area (Å²) in [5, 5.41) is 12.7. The SMILES string of the molecule is CCOn1nc(-c2ccc(F)cc2)c2cc(C=N)ccc21. The van der Waals surface area contributed by atoms with E-state index in [-0.39, 0.29) is 5.82 Å². The molecule has 0 radical (unpaired) electrons. The predicted octanol–water partition coefficient (Wildman–Crippen LogP) is 3.29. The second kappa shape index (κ2) is 5.36. The van der Waals surface area contributed by atoms with Crippen molar-refractivity contribution in [2.24, 2.45) is 0 Å². The Labute approximate surface area is 121 Å². The molecule has 3 rings (SSSR count). The smallest absolute Gasteiger partial charge is 0.123 e. The normalized spacial score (nSPS) is 10.8. The van der Waals surface area contributed by atoms with Crippen molar-refractivity contribution in [2.45, 2.75) is 6.92 Å². The Hall–Kier alpha value is -2.69. The lowest BCUT2D eigenvalue weighted by atomic mass is 10.1. The van der Waals surface area contributed by atoms with Gasteiger partial charge in [0.2, 0.25) is 0 Å². The first-order valence-corrected chi connectivity index (χ1v) is 6.65. The van der Waals surface area contributed by atoms with Gasteiger partial charge in [-0.3, -0.25) is 0 Å². The van der Waals surface area contributed by atoms with Crippen LogP contribution in [-0.2, 0) is 0 Å². The molecule has 1 aromatic heterocycles. The van der Waals surface area contributed by atoms with Crippen LogP contribution in [0.4, 0.5) is 4.39 Å². The van der Waals surface area contributed by atoms with E-state index in [4.69, 9.17) is 10.2 Å². The van der Waals surface area contributed by atoms with Gasteiger partial charge in [0.05, 0.1) is 0 Å². The molecule has 1 heterocycles. The number of aromatic nitrogens is 2. The number of rotatable bonds is 4. The van der Waals surface area contributed by atoms with Crippen molar-refractivity contribution in [1.29, 1.82) is 5.41 Å². The van der Waals surface area contributed by atoms with Crippen LogP contribution < -0.4 is 4.84 Å². The van der Waals surface area contributed by atoms with E-state index in [2.05, 4.69) is 5.10 Å². The van der Waals surface area contributed by atoms with Gasteiger partial charge in [0.1, 0.15) is 23.6 Å². The summed E-state index contributed by atoms with van der Waals surface area (Å²) < 4.78 is 13.1. The molecule has 0 amide bonds. The summed E-state index contributed by atoms with van der Waals surface area (Å²) in [4.78, 5) is 6.97. The van der Waals surface area contributed by atoms with E-state index in [1.54, 1.807) is 12.1 Å². The third-order valence-corrected chi connectivity index (χ3v) is 3.21. The van der Waals surface area contributed by atoms with E-state index in [9.17, 15) is 4.39 Å². The first kappa shape index (κ1) is 13.3. The number of halogens is 1. The molecule has 0 aliphatic heterocycles. The van der Waals surface area contributed by atoms with Gasteiger partial charge >= 0.3 is 0 Å². The van der Waals surface area contributed by atoms with Crippen LogP contribution in [0.5, 0.6) is 0 Å². The Balaban J connectivity index is 2.24. The van der Waals surface area contributed by atoms with Crippen LogP contribution in [-0.4, -0.2) is 22.8 Å². The lowest BCUT2D eigenvalue weighted by Gasteiger charge is -2.02. The molecular formula is C16H14FN3O. The van der Waals surface area contributed by atoms with Crippen LogP contribution in [0.3, 0.4) is 0 Å². The summed E-state index contributed by atoms with van der Waals surface area (Å²) >= 11 is 0. The Morgan fingerprint density at radius 3 is 2.67 bits per heavy atom. The Bertz CT molecular complexity index is 793. The maximum absolute atomic E-state index is 13.1. The van der Waals surface area contributed by atoms with Crippen molar-refractivity contribution >= 4 is 17.1 Å². The average Bonchev–Trinajstić information content (AvgIpc) is 2.86. The quantitative estimate of drug-likeness (QED) is 0.747. The summed E-state index contributed by atoms with van der Waals surface area (Å²) in [5.41, 5.74) is 3.12. The molecule has 2 aromatic carbocycles. The zero-order valence-corrected chi connectivity index (χ0v) is 11.5. The topological polar surface area (TPSA) is 50.9 Å². The molecule has 5 heteroatoms. The van der Waals surface area contributed by atoms with Crippen molar-refractivity contribution < 1.29 is 9.23 Å². The molecule has 0 saturated heterocycles. The minimum Gasteiger partial charge on any atom is -0.396 e. The first-order valence-electron chi connectivity index (χ1n) is 6.65. The minimum atomic E-state index is -0.285. The Kier molecular flexibility index (Phi) is 3.39. The summed E-state index contributed by atoms with van der Waals surface area (Å²) in [6, 6.07) is 11.8. The predicted molar refractivity (Wildman–Crippen MR) is 80.1 cm³/mol. The fourth-order valence-corrected chi connectivity index (χ4v) is 2.24. The van der Waals surface area contributed by atoms with Crippen LogP contribution in [0.15, 0.2) is 42.5 Å². The maximum Gasteiger partial charge on any atom is 0.123 e. The molecule has 0 aliphatic carbocycles. The van der Waals surface area contributed by atoms with Gasteiger partial charge in [-0.15, -0.1) is 5.10 Å². The Morgan fingerprint density at radius 1 is 1.24 bits per heavy atom. The minimum absolute atomic E-state index is 0.285. The number of nitrogens with zero attached hydrogens (tertiary/aromatic N) is 2. The number of hydrogen-bond acceptors (Lipinski definition) is 3. The van der Waals surface area contributed by atoms with E-state index in [0.29, 0.717) is 12.3 Å². The highest BCUT2D eigenvalue weighted by atomic mass is 19.1. The standard InChI is InChI=1S/C16H14FN3O/c1-2-21-20-15-8-3-11(10-18)9-14(15)16(19-20)12-4-6-13(17)7-5-12/h3-10,18H,2H2,1H3. The second-order valence-corrected chi connectivity index (χ2v) is 4.57. The van der Waals surface area contributed by atoms with E-state index < -0.39 is 0 Å². The third kappa shape index (κ3) is 2.38. The molecule has 0 fully saturated rings. The molecule has 1 N–H and O–H groups in total. The highest BCUT2D eigenvalue weighted by molar-refractivity contribution is 5.96. The fraction of sp³-hybridized carbons (Fsp3) is 0.125. The molecule has 0 unspecified atom stereocenters.